The fourth-order valence-corrected chi connectivity index (χ4v) is 1.06. The summed E-state index contributed by atoms with van der Waals surface area (Å²) >= 11 is 0. The normalized spacial score (nSPS) is 10.6. The first kappa shape index (κ1) is 11.2. The predicted octanol–water partition coefficient (Wildman–Crippen LogP) is 2.21. The SMILES string of the molecule is CCC=CCC(=O)N(CC)CC. The minimum absolute atomic E-state index is 0.227. The second-order valence-corrected chi connectivity index (χ2v) is 2.65. The van der Waals surface area contributed by atoms with Crippen LogP contribution in [0.1, 0.15) is 33.6 Å². The van der Waals surface area contributed by atoms with Crippen molar-refractivity contribution in [2.24, 2.45) is 0 Å². The van der Waals surface area contributed by atoms with E-state index in [1.807, 2.05) is 30.9 Å². The van der Waals surface area contributed by atoms with Gasteiger partial charge in [0.2, 0.25) is 5.91 Å². The van der Waals surface area contributed by atoms with Crippen molar-refractivity contribution >= 4 is 5.91 Å². The molecule has 2 nitrogen and oxygen atoms in total. The van der Waals surface area contributed by atoms with Gasteiger partial charge >= 0.3 is 0 Å². The standard InChI is InChI=1S/C10H19NO/c1-4-7-8-9-10(12)11(5-2)6-3/h7-8H,4-6,9H2,1-3H3. The first-order valence-corrected chi connectivity index (χ1v) is 4.68. The van der Waals surface area contributed by atoms with Crippen LogP contribution < -0.4 is 0 Å². The highest BCUT2D eigenvalue weighted by atomic mass is 16.2. The van der Waals surface area contributed by atoms with Crippen molar-refractivity contribution in [3.63, 3.8) is 0 Å². The molecule has 1 amide bonds. The molecule has 0 saturated carbocycles. The Hall–Kier alpha value is -0.790. The third-order valence-electron chi connectivity index (χ3n) is 1.81. The Morgan fingerprint density at radius 2 is 1.75 bits per heavy atom. The lowest BCUT2D eigenvalue weighted by Gasteiger charge is -2.17. The minimum Gasteiger partial charge on any atom is -0.343 e. The Morgan fingerprint density at radius 1 is 1.17 bits per heavy atom. The topological polar surface area (TPSA) is 20.3 Å². The zero-order valence-corrected chi connectivity index (χ0v) is 8.34. The predicted molar refractivity (Wildman–Crippen MR) is 52.0 cm³/mol. The number of carbonyl (C=O) groups excluding carboxylic acids is 1. The lowest BCUT2D eigenvalue weighted by atomic mass is 10.3. The van der Waals surface area contributed by atoms with Crippen LogP contribution in [0.3, 0.4) is 0 Å². The van der Waals surface area contributed by atoms with Crippen LogP contribution in [-0.4, -0.2) is 23.9 Å². The van der Waals surface area contributed by atoms with E-state index < -0.39 is 0 Å². The van der Waals surface area contributed by atoms with Gasteiger partial charge in [-0.25, -0.2) is 0 Å². The van der Waals surface area contributed by atoms with E-state index in [2.05, 4.69) is 6.92 Å². The smallest absolute Gasteiger partial charge is 0.226 e. The lowest BCUT2D eigenvalue weighted by molar-refractivity contribution is -0.129. The molecule has 0 unspecified atom stereocenters. The molecular formula is C10H19NO. The fraction of sp³-hybridized carbons (Fsp3) is 0.700. The Labute approximate surface area is 75.3 Å². The molecule has 0 heterocycles. The molecule has 0 fully saturated rings. The molecule has 0 radical (unpaired) electrons. The van der Waals surface area contributed by atoms with Crippen molar-refractivity contribution in [1.82, 2.24) is 4.90 Å². The molecule has 0 saturated heterocycles. The minimum atomic E-state index is 0.227. The summed E-state index contributed by atoms with van der Waals surface area (Å²) in [7, 11) is 0. The van der Waals surface area contributed by atoms with Crippen LogP contribution in [0.4, 0.5) is 0 Å². The summed E-state index contributed by atoms with van der Waals surface area (Å²) in [5.41, 5.74) is 0. The van der Waals surface area contributed by atoms with Crippen LogP contribution in [0, 0.1) is 0 Å². The summed E-state index contributed by atoms with van der Waals surface area (Å²) in [5.74, 6) is 0.227. The molecule has 0 aliphatic heterocycles. The third-order valence-corrected chi connectivity index (χ3v) is 1.81. The number of amides is 1. The largest absolute Gasteiger partial charge is 0.343 e. The van der Waals surface area contributed by atoms with E-state index in [1.54, 1.807) is 0 Å². The second-order valence-electron chi connectivity index (χ2n) is 2.65. The summed E-state index contributed by atoms with van der Waals surface area (Å²) < 4.78 is 0. The number of rotatable bonds is 5. The molecule has 0 rings (SSSR count). The van der Waals surface area contributed by atoms with Crippen LogP contribution >= 0.6 is 0 Å². The maximum atomic E-state index is 11.4. The average Bonchev–Trinajstić information content (AvgIpc) is 2.07. The molecule has 0 aliphatic rings. The Bertz CT molecular complexity index is 148. The molecule has 12 heavy (non-hydrogen) atoms. The molecule has 2 heteroatoms. The number of carbonyl (C=O) groups is 1. The van der Waals surface area contributed by atoms with Gasteiger partial charge in [0.1, 0.15) is 0 Å². The molecule has 0 bridgehead atoms. The van der Waals surface area contributed by atoms with Crippen molar-refractivity contribution in [2.75, 3.05) is 13.1 Å². The van der Waals surface area contributed by atoms with E-state index in [0.717, 1.165) is 19.5 Å². The summed E-state index contributed by atoms with van der Waals surface area (Å²) in [5, 5.41) is 0. The first-order valence-electron chi connectivity index (χ1n) is 4.68. The average molecular weight is 169 g/mol. The van der Waals surface area contributed by atoms with Crippen molar-refractivity contribution in [3.05, 3.63) is 12.2 Å². The van der Waals surface area contributed by atoms with Gasteiger partial charge in [0.25, 0.3) is 0 Å². The van der Waals surface area contributed by atoms with Crippen LogP contribution in [0.15, 0.2) is 12.2 Å². The summed E-state index contributed by atoms with van der Waals surface area (Å²) in [6.07, 6.45) is 5.53. The quantitative estimate of drug-likeness (QED) is 0.578. The van der Waals surface area contributed by atoms with Crippen LogP contribution in [-0.2, 0) is 4.79 Å². The van der Waals surface area contributed by atoms with E-state index in [-0.39, 0.29) is 5.91 Å². The molecule has 0 aliphatic carbocycles. The number of hydrogen-bond donors (Lipinski definition) is 0. The van der Waals surface area contributed by atoms with Gasteiger partial charge in [0, 0.05) is 19.5 Å². The van der Waals surface area contributed by atoms with Gasteiger partial charge in [-0.3, -0.25) is 4.79 Å². The van der Waals surface area contributed by atoms with Crippen LogP contribution in [0.25, 0.3) is 0 Å². The molecule has 0 atom stereocenters. The fourth-order valence-electron chi connectivity index (χ4n) is 1.06. The lowest BCUT2D eigenvalue weighted by Crippen LogP contribution is -2.29. The molecule has 0 spiro atoms. The number of nitrogens with zero attached hydrogens (tertiary/aromatic N) is 1. The summed E-state index contributed by atoms with van der Waals surface area (Å²) in [4.78, 5) is 13.2. The van der Waals surface area contributed by atoms with Crippen molar-refractivity contribution in [2.45, 2.75) is 33.6 Å². The number of hydrogen-bond acceptors (Lipinski definition) is 1. The first-order chi connectivity index (χ1) is 5.76. The molecule has 0 aromatic carbocycles. The van der Waals surface area contributed by atoms with Gasteiger partial charge in [-0.2, -0.15) is 0 Å². The van der Waals surface area contributed by atoms with Gasteiger partial charge in [0.15, 0.2) is 0 Å². The van der Waals surface area contributed by atoms with E-state index in [1.165, 1.54) is 0 Å². The summed E-state index contributed by atoms with van der Waals surface area (Å²) in [6.45, 7) is 7.71. The summed E-state index contributed by atoms with van der Waals surface area (Å²) in [6, 6.07) is 0. The zero-order valence-electron chi connectivity index (χ0n) is 8.34. The zero-order chi connectivity index (χ0) is 9.40. The van der Waals surface area contributed by atoms with Gasteiger partial charge < -0.3 is 4.90 Å². The molecule has 0 aromatic heterocycles. The van der Waals surface area contributed by atoms with Gasteiger partial charge in [-0.05, 0) is 20.3 Å². The monoisotopic (exact) mass is 169 g/mol. The Kier molecular flexibility index (Phi) is 6.44. The van der Waals surface area contributed by atoms with Crippen molar-refractivity contribution < 1.29 is 4.79 Å². The van der Waals surface area contributed by atoms with E-state index in [9.17, 15) is 4.79 Å². The molecule has 0 aromatic rings. The molecule has 0 N–H and O–H groups in total. The van der Waals surface area contributed by atoms with E-state index in [4.69, 9.17) is 0 Å². The van der Waals surface area contributed by atoms with Gasteiger partial charge in [0.05, 0.1) is 0 Å². The highest BCUT2D eigenvalue weighted by molar-refractivity contribution is 5.77. The van der Waals surface area contributed by atoms with Crippen molar-refractivity contribution in [3.8, 4) is 0 Å². The maximum Gasteiger partial charge on any atom is 0.226 e. The maximum absolute atomic E-state index is 11.4. The molecular weight excluding hydrogens is 150 g/mol. The van der Waals surface area contributed by atoms with E-state index >= 15 is 0 Å². The molecule has 70 valence electrons. The number of allylic oxidation sites excluding steroid dienone is 1. The Balaban J connectivity index is 3.76. The van der Waals surface area contributed by atoms with Crippen molar-refractivity contribution in [1.29, 1.82) is 0 Å². The van der Waals surface area contributed by atoms with E-state index in [0.29, 0.717) is 6.42 Å². The third kappa shape index (κ3) is 4.16. The van der Waals surface area contributed by atoms with Crippen LogP contribution in [0.5, 0.6) is 0 Å². The van der Waals surface area contributed by atoms with Gasteiger partial charge in [-0.1, -0.05) is 19.1 Å². The highest BCUT2D eigenvalue weighted by Crippen LogP contribution is 1.95. The van der Waals surface area contributed by atoms with Crippen LogP contribution in [0.2, 0.25) is 0 Å². The van der Waals surface area contributed by atoms with Gasteiger partial charge in [-0.15, -0.1) is 0 Å². The Morgan fingerprint density at radius 3 is 2.17 bits per heavy atom. The highest BCUT2D eigenvalue weighted by Gasteiger charge is 2.05. The second kappa shape index (κ2) is 6.89.